The van der Waals surface area contributed by atoms with Gasteiger partial charge in [0.25, 0.3) is 5.91 Å². The van der Waals surface area contributed by atoms with Crippen LogP contribution < -0.4 is 5.32 Å². The van der Waals surface area contributed by atoms with Crippen LogP contribution in [-0.2, 0) is 9.53 Å². The maximum atomic E-state index is 12.2. The zero-order valence-corrected chi connectivity index (χ0v) is 13.3. The van der Waals surface area contributed by atoms with Crippen molar-refractivity contribution in [2.45, 2.75) is 25.3 Å². The number of carbonyl (C=O) groups is 2. The molecular formula is C18H18N2O4. The van der Waals surface area contributed by atoms with E-state index in [1.165, 1.54) is 6.26 Å². The van der Waals surface area contributed by atoms with Crippen molar-refractivity contribution in [1.29, 1.82) is 0 Å². The molecule has 124 valence electrons. The summed E-state index contributed by atoms with van der Waals surface area (Å²) in [6, 6.07) is 10.1. The third-order valence-corrected chi connectivity index (χ3v) is 3.84. The van der Waals surface area contributed by atoms with Gasteiger partial charge in [-0.2, -0.15) is 0 Å². The maximum absolute atomic E-state index is 12.2. The number of hydrogen-bond donors (Lipinski definition) is 1. The highest BCUT2D eigenvalue weighted by atomic mass is 16.5. The van der Waals surface area contributed by atoms with E-state index in [0.29, 0.717) is 6.42 Å². The summed E-state index contributed by atoms with van der Waals surface area (Å²) < 4.78 is 10.2. The lowest BCUT2D eigenvalue weighted by molar-refractivity contribution is -0.145. The Bertz CT molecular complexity index is 752. The Labute approximate surface area is 139 Å². The van der Waals surface area contributed by atoms with Gasteiger partial charge in [0.15, 0.2) is 5.76 Å². The number of benzene rings is 1. The smallest absolute Gasteiger partial charge is 0.328 e. The average molecular weight is 326 g/mol. The molecule has 2 heterocycles. The van der Waals surface area contributed by atoms with Crippen LogP contribution in [0, 0.1) is 0 Å². The summed E-state index contributed by atoms with van der Waals surface area (Å²) in [7, 11) is 0. The lowest BCUT2D eigenvalue weighted by Crippen LogP contribution is -2.42. The van der Waals surface area contributed by atoms with E-state index in [4.69, 9.17) is 9.15 Å². The number of ether oxygens (including phenoxy) is 1. The van der Waals surface area contributed by atoms with E-state index in [-0.39, 0.29) is 18.3 Å². The second-order valence-electron chi connectivity index (χ2n) is 5.43. The fraction of sp³-hybridized carbons (Fsp3) is 0.278. The van der Waals surface area contributed by atoms with Crippen LogP contribution >= 0.6 is 0 Å². The minimum absolute atomic E-state index is 0.0486. The molecule has 1 aliphatic heterocycles. The lowest BCUT2D eigenvalue weighted by atomic mass is 9.94. The standard InChI is InChI=1S/C18H18N2O4/c1-2-23-18(22)15(20-17(21)16-8-5-9-24-16)10-12-11-19-14-7-4-3-6-13(12)14/h3-9,11-12,15H,2,10H2,1H3,(H,20,21). The van der Waals surface area contributed by atoms with Crippen molar-refractivity contribution in [3.63, 3.8) is 0 Å². The molecule has 0 radical (unpaired) electrons. The molecule has 6 heteroatoms. The molecule has 1 amide bonds. The van der Waals surface area contributed by atoms with Gasteiger partial charge in [-0.1, -0.05) is 18.2 Å². The van der Waals surface area contributed by atoms with E-state index in [2.05, 4.69) is 10.3 Å². The first kappa shape index (κ1) is 16.0. The number of fused-ring (bicyclic) bond motifs is 1. The van der Waals surface area contributed by atoms with Crippen molar-refractivity contribution in [3.8, 4) is 0 Å². The van der Waals surface area contributed by atoms with Crippen molar-refractivity contribution < 1.29 is 18.7 Å². The van der Waals surface area contributed by atoms with Gasteiger partial charge in [0.1, 0.15) is 6.04 Å². The van der Waals surface area contributed by atoms with E-state index < -0.39 is 17.9 Å². The molecule has 2 unspecified atom stereocenters. The predicted molar refractivity (Wildman–Crippen MR) is 88.5 cm³/mol. The highest BCUT2D eigenvalue weighted by molar-refractivity contribution is 5.94. The third kappa shape index (κ3) is 3.37. The molecule has 2 atom stereocenters. The molecule has 0 aliphatic carbocycles. The minimum Gasteiger partial charge on any atom is -0.464 e. The van der Waals surface area contributed by atoms with Crippen molar-refractivity contribution >= 4 is 23.8 Å². The van der Waals surface area contributed by atoms with E-state index in [1.807, 2.05) is 24.3 Å². The first-order chi connectivity index (χ1) is 11.7. The van der Waals surface area contributed by atoms with Gasteiger partial charge < -0.3 is 14.5 Å². The van der Waals surface area contributed by atoms with Gasteiger partial charge in [0.05, 0.1) is 18.6 Å². The Balaban J connectivity index is 1.75. The van der Waals surface area contributed by atoms with Crippen LogP contribution in [0.1, 0.15) is 35.4 Å². The fourth-order valence-electron chi connectivity index (χ4n) is 2.71. The fourth-order valence-corrected chi connectivity index (χ4v) is 2.71. The second kappa shape index (κ2) is 7.12. The summed E-state index contributed by atoms with van der Waals surface area (Å²) >= 11 is 0. The van der Waals surface area contributed by atoms with E-state index in [9.17, 15) is 9.59 Å². The zero-order chi connectivity index (χ0) is 16.9. The van der Waals surface area contributed by atoms with Crippen LogP contribution in [0.4, 0.5) is 5.69 Å². The van der Waals surface area contributed by atoms with Crippen molar-refractivity contribution in [1.82, 2.24) is 5.32 Å². The molecule has 2 aromatic rings. The van der Waals surface area contributed by atoms with Gasteiger partial charge in [-0.15, -0.1) is 0 Å². The quantitative estimate of drug-likeness (QED) is 0.828. The number of rotatable bonds is 6. The Morgan fingerprint density at radius 3 is 2.88 bits per heavy atom. The van der Waals surface area contributed by atoms with Gasteiger partial charge in [-0.25, -0.2) is 4.79 Å². The Morgan fingerprint density at radius 1 is 1.29 bits per heavy atom. The number of carbonyl (C=O) groups excluding carboxylic acids is 2. The molecule has 0 spiro atoms. The van der Waals surface area contributed by atoms with Crippen LogP contribution in [0.3, 0.4) is 0 Å². The molecule has 1 aromatic heterocycles. The summed E-state index contributed by atoms with van der Waals surface area (Å²) in [4.78, 5) is 28.8. The topological polar surface area (TPSA) is 80.9 Å². The molecule has 6 nitrogen and oxygen atoms in total. The van der Waals surface area contributed by atoms with Crippen molar-refractivity contribution in [3.05, 3.63) is 54.0 Å². The Hall–Kier alpha value is -2.89. The molecule has 0 saturated heterocycles. The molecule has 0 bridgehead atoms. The number of hydrogen-bond acceptors (Lipinski definition) is 5. The molecular weight excluding hydrogens is 308 g/mol. The van der Waals surface area contributed by atoms with E-state index in [0.717, 1.165) is 11.3 Å². The van der Waals surface area contributed by atoms with Crippen molar-refractivity contribution in [2.24, 2.45) is 4.99 Å². The number of amides is 1. The molecule has 0 saturated carbocycles. The van der Waals surface area contributed by atoms with Crippen LogP contribution in [0.25, 0.3) is 0 Å². The van der Waals surface area contributed by atoms with Gasteiger partial charge in [-0.3, -0.25) is 9.79 Å². The van der Waals surface area contributed by atoms with Gasteiger partial charge in [-0.05, 0) is 37.1 Å². The summed E-state index contributed by atoms with van der Waals surface area (Å²) in [5, 5.41) is 2.69. The monoisotopic (exact) mass is 326 g/mol. The van der Waals surface area contributed by atoms with Crippen LogP contribution in [0.2, 0.25) is 0 Å². The average Bonchev–Trinajstić information content (AvgIpc) is 3.24. The molecule has 0 fully saturated rings. The van der Waals surface area contributed by atoms with Gasteiger partial charge in [0.2, 0.25) is 0 Å². The van der Waals surface area contributed by atoms with Gasteiger partial charge in [0, 0.05) is 12.1 Å². The number of nitrogens with zero attached hydrogens (tertiary/aromatic N) is 1. The normalized spacial score (nSPS) is 16.5. The number of nitrogens with one attached hydrogen (secondary N) is 1. The highest BCUT2D eigenvalue weighted by Crippen LogP contribution is 2.34. The maximum Gasteiger partial charge on any atom is 0.328 e. The summed E-state index contributed by atoms with van der Waals surface area (Å²) in [6.07, 6.45) is 3.59. The van der Waals surface area contributed by atoms with E-state index in [1.54, 1.807) is 25.3 Å². The molecule has 3 rings (SSSR count). The number of para-hydroxylation sites is 1. The SMILES string of the molecule is CCOC(=O)C(CC1C=Nc2ccccc21)NC(=O)c1ccco1. The number of aliphatic imine (C=N–C) groups is 1. The summed E-state index contributed by atoms with van der Waals surface area (Å²) in [5.74, 6) is -0.797. The van der Waals surface area contributed by atoms with Crippen LogP contribution in [-0.4, -0.2) is 30.7 Å². The first-order valence-electron chi connectivity index (χ1n) is 7.83. The summed E-state index contributed by atoms with van der Waals surface area (Å²) in [5.41, 5.74) is 1.93. The van der Waals surface area contributed by atoms with Crippen molar-refractivity contribution in [2.75, 3.05) is 6.61 Å². The lowest BCUT2D eigenvalue weighted by Gasteiger charge is -2.19. The second-order valence-corrected chi connectivity index (χ2v) is 5.43. The molecule has 24 heavy (non-hydrogen) atoms. The first-order valence-corrected chi connectivity index (χ1v) is 7.83. The predicted octanol–water partition coefficient (Wildman–Crippen LogP) is 2.83. The van der Waals surface area contributed by atoms with Crippen LogP contribution in [0.5, 0.6) is 0 Å². The van der Waals surface area contributed by atoms with Gasteiger partial charge >= 0.3 is 5.97 Å². The third-order valence-electron chi connectivity index (χ3n) is 3.84. The number of furan rings is 1. The zero-order valence-electron chi connectivity index (χ0n) is 13.3. The Kier molecular flexibility index (Phi) is 4.74. The Morgan fingerprint density at radius 2 is 2.12 bits per heavy atom. The molecule has 1 aliphatic rings. The van der Waals surface area contributed by atoms with E-state index >= 15 is 0 Å². The highest BCUT2D eigenvalue weighted by Gasteiger charge is 2.29. The molecule has 1 aromatic carbocycles. The molecule has 1 N–H and O–H groups in total. The summed E-state index contributed by atoms with van der Waals surface area (Å²) in [6.45, 7) is 1.98. The largest absolute Gasteiger partial charge is 0.464 e. The van der Waals surface area contributed by atoms with Crippen LogP contribution in [0.15, 0.2) is 52.1 Å². The minimum atomic E-state index is -0.773. The number of esters is 1.